The van der Waals surface area contributed by atoms with Crippen molar-refractivity contribution in [3.63, 3.8) is 0 Å². The van der Waals surface area contributed by atoms with Crippen LogP contribution in [0.4, 0.5) is 0 Å². The summed E-state index contributed by atoms with van der Waals surface area (Å²) in [7, 11) is -5.52. The number of nitrogens with one attached hydrogen (secondary N) is 2. The molecule has 0 saturated carbocycles. The van der Waals surface area contributed by atoms with Crippen LogP contribution in [0, 0.1) is 0 Å². The molecular weight excluding hydrogens is 416 g/mol. The number of rotatable bonds is 9. The Morgan fingerprint density at radius 3 is 2.03 bits per heavy atom. The van der Waals surface area contributed by atoms with E-state index in [1.807, 2.05) is 0 Å². The molecule has 2 aromatic rings. The van der Waals surface area contributed by atoms with Gasteiger partial charge in [0, 0.05) is 19.2 Å². The predicted molar refractivity (Wildman–Crippen MR) is 109 cm³/mol. The Bertz CT molecular complexity index is 1050. The van der Waals surface area contributed by atoms with Crippen LogP contribution in [0.15, 0.2) is 58.3 Å². The third kappa shape index (κ3) is 6.55. The van der Waals surface area contributed by atoms with Crippen LogP contribution in [-0.4, -0.2) is 42.7 Å². The maximum absolute atomic E-state index is 12.2. The fraction of sp³-hybridized carbons (Fsp3) is 0.316. The predicted octanol–water partition coefficient (Wildman–Crippen LogP) is 1.64. The zero-order valence-corrected chi connectivity index (χ0v) is 18.0. The van der Waals surface area contributed by atoms with Crippen LogP contribution in [0.1, 0.15) is 24.9 Å². The summed E-state index contributed by atoms with van der Waals surface area (Å²) < 4.78 is 54.8. The fourth-order valence-electron chi connectivity index (χ4n) is 2.54. The number of benzene rings is 2. The summed E-state index contributed by atoms with van der Waals surface area (Å²) in [6, 6.07) is 11.8. The lowest BCUT2D eigenvalue weighted by Gasteiger charge is -2.15. The third-order valence-corrected chi connectivity index (χ3v) is 6.81. The lowest BCUT2D eigenvalue weighted by Crippen LogP contribution is -2.32. The average molecular weight is 441 g/mol. The molecule has 1 unspecified atom stereocenters. The van der Waals surface area contributed by atoms with Crippen molar-refractivity contribution in [2.75, 3.05) is 19.9 Å². The van der Waals surface area contributed by atoms with Crippen LogP contribution in [0.25, 0.3) is 0 Å². The van der Waals surface area contributed by atoms with E-state index in [0.717, 1.165) is 11.8 Å². The molecule has 0 radical (unpaired) electrons. The molecule has 0 heterocycles. The van der Waals surface area contributed by atoms with Gasteiger partial charge in [-0.2, -0.15) is 0 Å². The SMILES string of the molecule is COc1ccc(S(=O)(=O)NCCC(=O)NC(C)c2ccc(S(C)(=O)=O)cc2)cc1. The van der Waals surface area contributed by atoms with Gasteiger partial charge < -0.3 is 10.1 Å². The van der Waals surface area contributed by atoms with Gasteiger partial charge in [0.2, 0.25) is 15.9 Å². The molecule has 2 N–H and O–H groups in total. The molecular formula is C19H24N2O6S2. The number of sulfonamides is 1. The van der Waals surface area contributed by atoms with E-state index in [1.165, 1.54) is 43.5 Å². The minimum atomic E-state index is -3.72. The number of sulfone groups is 1. The van der Waals surface area contributed by atoms with Gasteiger partial charge in [0.15, 0.2) is 9.84 Å². The van der Waals surface area contributed by atoms with E-state index in [0.29, 0.717) is 5.75 Å². The molecule has 2 rings (SSSR count). The zero-order chi connectivity index (χ0) is 21.7. The summed E-state index contributed by atoms with van der Waals surface area (Å²) >= 11 is 0. The maximum Gasteiger partial charge on any atom is 0.240 e. The molecule has 158 valence electrons. The average Bonchev–Trinajstić information content (AvgIpc) is 2.67. The molecule has 8 nitrogen and oxygen atoms in total. The Morgan fingerprint density at radius 1 is 0.966 bits per heavy atom. The van der Waals surface area contributed by atoms with Gasteiger partial charge in [-0.15, -0.1) is 0 Å². The molecule has 0 bridgehead atoms. The second-order valence-corrected chi connectivity index (χ2v) is 10.2. The zero-order valence-electron chi connectivity index (χ0n) is 16.4. The molecule has 0 saturated heterocycles. The van der Waals surface area contributed by atoms with Gasteiger partial charge in [0.05, 0.1) is 22.9 Å². The summed E-state index contributed by atoms with van der Waals surface area (Å²) in [5.41, 5.74) is 0.740. The van der Waals surface area contributed by atoms with Crippen LogP contribution in [0.2, 0.25) is 0 Å². The molecule has 0 aliphatic carbocycles. The van der Waals surface area contributed by atoms with E-state index in [-0.39, 0.29) is 34.7 Å². The Labute approximate surface area is 171 Å². The minimum absolute atomic E-state index is 0.0405. The summed E-state index contributed by atoms with van der Waals surface area (Å²) in [4.78, 5) is 12.4. The molecule has 10 heteroatoms. The first-order chi connectivity index (χ1) is 13.5. The number of carbonyl (C=O) groups is 1. The van der Waals surface area contributed by atoms with E-state index in [2.05, 4.69) is 10.0 Å². The summed E-state index contributed by atoms with van der Waals surface area (Å²) in [5, 5.41) is 2.76. The maximum atomic E-state index is 12.2. The summed E-state index contributed by atoms with van der Waals surface area (Å²) in [6.45, 7) is 1.70. The van der Waals surface area contributed by atoms with Gasteiger partial charge in [-0.3, -0.25) is 4.79 Å². The molecule has 0 aromatic heterocycles. The van der Waals surface area contributed by atoms with Crippen LogP contribution >= 0.6 is 0 Å². The molecule has 0 spiro atoms. The van der Waals surface area contributed by atoms with Crippen molar-refractivity contribution >= 4 is 25.8 Å². The second kappa shape index (κ2) is 9.38. The van der Waals surface area contributed by atoms with E-state index >= 15 is 0 Å². The number of hydrogen-bond acceptors (Lipinski definition) is 6. The van der Waals surface area contributed by atoms with Crippen LogP contribution < -0.4 is 14.8 Å². The van der Waals surface area contributed by atoms with Crippen molar-refractivity contribution in [1.82, 2.24) is 10.0 Å². The van der Waals surface area contributed by atoms with Crippen molar-refractivity contribution in [2.45, 2.75) is 29.2 Å². The second-order valence-electron chi connectivity index (χ2n) is 6.45. The molecule has 0 aliphatic heterocycles. The highest BCUT2D eigenvalue weighted by Gasteiger charge is 2.16. The van der Waals surface area contributed by atoms with Crippen molar-refractivity contribution in [3.05, 3.63) is 54.1 Å². The Morgan fingerprint density at radius 2 is 1.52 bits per heavy atom. The Kier molecular flexibility index (Phi) is 7.39. The van der Waals surface area contributed by atoms with Crippen LogP contribution in [-0.2, 0) is 24.7 Å². The van der Waals surface area contributed by atoms with E-state index in [4.69, 9.17) is 4.74 Å². The third-order valence-electron chi connectivity index (χ3n) is 4.20. The largest absolute Gasteiger partial charge is 0.497 e. The highest BCUT2D eigenvalue weighted by molar-refractivity contribution is 7.90. The normalized spacial score (nSPS) is 12.9. The quantitative estimate of drug-likeness (QED) is 0.612. The topological polar surface area (TPSA) is 119 Å². The van der Waals surface area contributed by atoms with Crippen molar-refractivity contribution < 1.29 is 26.4 Å². The van der Waals surface area contributed by atoms with Gasteiger partial charge in [-0.1, -0.05) is 12.1 Å². The summed E-state index contributed by atoms with van der Waals surface area (Å²) in [5.74, 6) is 0.212. The van der Waals surface area contributed by atoms with E-state index < -0.39 is 19.9 Å². The van der Waals surface area contributed by atoms with E-state index in [1.54, 1.807) is 19.1 Å². The van der Waals surface area contributed by atoms with Crippen molar-refractivity contribution in [1.29, 1.82) is 0 Å². The molecule has 29 heavy (non-hydrogen) atoms. The number of methoxy groups -OCH3 is 1. The fourth-order valence-corrected chi connectivity index (χ4v) is 4.20. The Hall–Kier alpha value is -2.43. The van der Waals surface area contributed by atoms with Crippen molar-refractivity contribution in [3.8, 4) is 5.75 Å². The van der Waals surface area contributed by atoms with Gasteiger partial charge in [-0.05, 0) is 48.9 Å². The summed E-state index contributed by atoms with van der Waals surface area (Å²) in [6.07, 6.45) is 1.08. The molecule has 2 aromatic carbocycles. The highest BCUT2D eigenvalue weighted by Crippen LogP contribution is 2.17. The van der Waals surface area contributed by atoms with Gasteiger partial charge in [0.1, 0.15) is 5.75 Å². The van der Waals surface area contributed by atoms with Crippen molar-refractivity contribution in [2.24, 2.45) is 0 Å². The van der Waals surface area contributed by atoms with Gasteiger partial charge in [0.25, 0.3) is 0 Å². The standard InChI is InChI=1S/C19H24N2O6S2/c1-14(15-4-8-17(9-5-15)28(3,23)24)21-19(22)12-13-20-29(25,26)18-10-6-16(27-2)7-11-18/h4-11,14,20H,12-13H2,1-3H3,(H,21,22). The van der Waals surface area contributed by atoms with Crippen LogP contribution in [0.5, 0.6) is 5.75 Å². The Balaban J connectivity index is 1.87. The molecule has 0 fully saturated rings. The molecule has 0 aliphatic rings. The monoisotopic (exact) mass is 440 g/mol. The molecule has 1 atom stereocenters. The first-order valence-electron chi connectivity index (χ1n) is 8.76. The molecule has 1 amide bonds. The first kappa shape index (κ1) is 22.9. The van der Waals surface area contributed by atoms with E-state index in [9.17, 15) is 21.6 Å². The smallest absolute Gasteiger partial charge is 0.240 e. The number of hydrogen-bond donors (Lipinski definition) is 2. The minimum Gasteiger partial charge on any atom is -0.497 e. The number of ether oxygens (including phenoxy) is 1. The van der Waals surface area contributed by atoms with Crippen LogP contribution in [0.3, 0.4) is 0 Å². The first-order valence-corrected chi connectivity index (χ1v) is 12.1. The highest BCUT2D eigenvalue weighted by atomic mass is 32.2. The van der Waals surface area contributed by atoms with Gasteiger partial charge >= 0.3 is 0 Å². The lowest BCUT2D eigenvalue weighted by molar-refractivity contribution is -0.121. The number of carbonyl (C=O) groups excluding carboxylic acids is 1. The van der Waals surface area contributed by atoms with Gasteiger partial charge in [-0.25, -0.2) is 21.6 Å². The number of amides is 1. The lowest BCUT2D eigenvalue weighted by atomic mass is 10.1.